The highest BCUT2D eigenvalue weighted by Gasteiger charge is 2.08. The molecule has 0 saturated heterocycles. The van der Waals surface area contributed by atoms with Gasteiger partial charge in [0, 0.05) is 24.9 Å². The summed E-state index contributed by atoms with van der Waals surface area (Å²) >= 11 is 0. The zero-order chi connectivity index (χ0) is 14.7. The molecule has 102 valence electrons. The lowest BCUT2D eigenvalue weighted by molar-refractivity contribution is 0.625. The monoisotopic (exact) mass is 278 g/mol. The fraction of sp³-hybridized carbons (Fsp3) is 0.0625. The fourth-order valence-corrected chi connectivity index (χ4v) is 2.13. The second-order valence-corrected chi connectivity index (χ2v) is 4.56. The van der Waals surface area contributed by atoms with Crippen molar-refractivity contribution in [2.45, 2.75) is 6.42 Å². The smallest absolute Gasteiger partial charge is 0.154 e. The van der Waals surface area contributed by atoms with Crippen LogP contribution in [0.3, 0.4) is 0 Å². The minimum atomic E-state index is -0.261. The van der Waals surface area contributed by atoms with Gasteiger partial charge >= 0.3 is 0 Å². The van der Waals surface area contributed by atoms with E-state index in [0.29, 0.717) is 17.8 Å². The summed E-state index contributed by atoms with van der Waals surface area (Å²) in [6.45, 7) is 0. The number of hydrogen-bond acceptors (Lipinski definition) is 3. The van der Waals surface area contributed by atoms with Crippen LogP contribution < -0.4 is 0 Å². The van der Waals surface area contributed by atoms with Gasteiger partial charge in [0.15, 0.2) is 5.82 Å². The van der Waals surface area contributed by atoms with Crippen molar-refractivity contribution in [3.63, 3.8) is 0 Å². The van der Waals surface area contributed by atoms with Crippen molar-refractivity contribution in [2.75, 3.05) is 0 Å². The van der Waals surface area contributed by atoms with E-state index < -0.39 is 0 Å². The molecule has 21 heavy (non-hydrogen) atoms. The van der Waals surface area contributed by atoms with Crippen LogP contribution >= 0.6 is 0 Å². The summed E-state index contributed by atoms with van der Waals surface area (Å²) in [4.78, 5) is 4.22. The molecule has 0 aliphatic rings. The van der Waals surface area contributed by atoms with Gasteiger partial charge in [-0.05, 0) is 29.8 Å². The molecule has 0 saturated carbocycles. The van der Waals surface area contributed by atoms with Gasteiger partial charge in [0.05, 0.1) is 17.3 Å². The van der Waals surface area contributed by atoms with E-state index >= 15 is 0 Å². The third-order valence-electron chi connectivity index (χ3n) is 3.09. The Hall–Kier alpha value is -3.00. The van der Waals surface area contributed by atoms with E-state index in [1.165, 1.54) is 12.1 Å². The van der Waals surface area contributed by atoms with E-state index in [0.717, 1.165) is 11.3 Å². The molecule has 0 amide bonds. The summed E-state index contributed by atoms with van der Waals surface area (Å²) in [6.07, 6.45) is 3.77. The van der Waals surface area contributed by atoms with Crippen LogP contribution in [0.5, 0.6) is 0 Å². The fourth-order valence-electron chi connectivity index (χ4n) is 2.13. The number of hydrogen-bond donors (Lipinski definition) is 0. The van der Waals surface area contributed by atoms with E-state index in [2.05, 4.69) is 16.2 Å². The summed E-state index contributed by atoms with van der Waals surface area (Å²) < 4.78 is 14.9. The van der Waals surface area contributed by atoms with Crippen molar-refractivity contribution in [1.82, 2.24) is 14.8 Å². The van der Waals surface area contributed by atoms with Crippen LogP contribution in [0.2, 0.25) is 0 Å². The Labute approximate surface area is 121 Å². The highest BCUT2D eigenvalue weighted by atomic mass is 19.1. The van der Waals surface area contributed by atoms with Gasteiger partial charge in [-0.3, -0.25) is 0 Å². The zero-order valence-electron chi connectivity index (χ0n) is 11.1. The Morgan fingerprint density at radius 2 is 2.05 bits per heavy atom. The van der Waals surface area contributed by atoms with Crippen molar-refractivity contribution in [1.29, 1.82) is 5.26 Å². The second kappa shape index (κ2) is 5.55. The minimum Gasteiger partial charge on any atom is -0.237 e. The third-order valence-corrected chi connectivity index (χ3v) is 3.09. The first-order valence-corrected chi connectivity index (χ1v) is 6.40. The summed E-state index contributed by atoms with van der Waals surface area (Å²) in [5.41, 5.74) is 2.25. The average Bonchev–Trinajstić information content (AvgIpc) is 2.95. The average molecular weight is 278 g/mol. The molecule has 0 N–H and O–H groups in total. The van der Waals surface area contributed by atoms with Crippen molar-refractivity contribution in [2.24, 2.45) is 0 Å². The first-order valence-electron chi connectivity index (χ1n) is 6.40. The molecule has 4 nitrogen and oxygen atoms in total. The number of pyridine rings is 1. The van der Waals surface area contributed by atoms with E-state index in [1.54, 1.807) is 35.3 Å². The van der Waals surface area contributed by atoms with Crippen molar-refractivity contribution in [3.8, 4) is 11.9 Å². The highest BCUT2D eigenvalue weighted by molar-refractivity contribution is 5.36. The summed E-state index contributed by atoms with van der Waals surface area (Å²) in [6, 6.07) is 13.7. The Balaban J connectivity index is 1.96. The number of halogens is 1. The normalized spacial score (nSPS) is 10.3. The molecule has 0 fully saturated rings. The number of aromatic nitrogens is 3. The molecule has 0 spiro atoms. The molecular formula is C16H11FN4. The quantitative estimate of drug-likeness (QED) is 0.740. The number of benzene rings is 1. The summed E-state index contributed by atoms with van der Waals surface area (Å²) in [5, 5.41) is 13.2. The van der Waals surface area contributed by atoms with Gasteiger partial charge in [-0.2, -0.15) is 10.4 Å². The molecule has 0 radical (unpaired) electrons. The highest BCUT2D eigenvalue weighted by Crippen LogP contribution is 2.14. The lowest BCUT2D eigenvalue weighted by Crippen LogP contribution is -2.05. The van der Waals surface area contributed by atoms with Crippen LogP contribution in [0.1, 0.15) is 16.8 Å². The van der Waals surface area contributed by atoms with E-state index in [4.69, 9.17) is 5.26 Å². The van der Waals surface area contributed by atoms with E-state index in [-0.39, 0.29) is 5.82 Å². The molecule has 3 aromatic rings. The predicted molar refractivity (Wildman–Crippen MR) is 75.3 cm³/mol. The van der Waals surface area contributed by atoms with Crippen LogP contribution in [0, 0.1) is 17.1 Å². The van der Waals surface area contributed by atoms with Crippen LogP contribution in [0.15, 0.2) is 54.9 Å². The van der Waals surface area contributed by atoms with Gasteiger partial charge in [0.2, 0.25) is 0 Å². The lowest BCUT2D eigenvalue weighted by Gasteiger charge is -2.07. The number of nitrogens with zero attached hydrogens (tertiary/aromatic N) is 4. The Morgan fingerprint density at radius 3 is 2.86 bits per heavy atom. The Morgan fingerprint density at radius 1 is 1.14 bits per heavy atom. The molecule has 2 heterocycles. The maximum Gasteiger partial charge on any atom is 0.154 e. The van der Waals surface area contributed by atoms with Gasteiger partial charge in [0.25, 0.3) is 0 Å². The zero-order valence-corrected chi connectivity index (χ0v) is 11.1. The van der Waals surface area contributed by atoms with E-state index in [1.807, 2.05) is 12.1 Å². The number of rotatable bonds is 3. The molecule has 3 rings (SSSR count). The van der Waals surface area contributed by atoms with Crippen molar-refractivity contribution in [3.05, 3.63) is 77.5 Å². The van der Waals surface area contributed by atoms with Crippen LogP contribution in [0.25, 0.3) is 5.82 Å². The summed E-state index contributed by atoms with van der Waals surface area (Å²) in [7, 11) is 0. The maximum atomic E-state index is 13.2. The number of nitriles is 1. The lowest BCUT2D eigenvalue weighted by atomic mass is 10.1. The van der Waals surface area contributed by atoms with Gasteiger partial charge < -0.3 is 0 Å². The van der Waals surface area contributed by atoms with E-state index in [9.17, 15) is 4.39 Å². The van der Waals surface area contributed by atoms with Crippen molar-refractivity contribution < 1.29 is 4.39 Å². The SMILES string of the molecule is N#Cc1ccnc(-n2nccc2Cc2cccc(F)c2)c1. The van der Waals surface area contributed by atoms with Crippen molar-refractivity contribution >= 4 is 0 Å². The molecule has 0 aliphatic heterocycles. The predicted octanol–water partition coefficient (Wildman–Crippen LogP) is 2.87. The molecule has 0 aliphatic carbocycles. The topological polar surface area (TPSA) is 54.5 Å². The van der Waals surface area contributed by atoms with Gasteiger partial charge in [-0.15, -0.1) is 0 Å². The largest absolute Gasteiger partial charge is 0.237 e. The first-order chi connectivity index (χ1) is 10.3. The molecular weight excluding hydrogens is 267 g/mol. The molecule has 0 unspecified atom stereocenters. The van der Waals surface area contributed by atoms with Crippen LogP contribution in [-0.2, 0) is 6.42 Å². The first kappa shape index (κ1) is 13.0. The second-order valence-electron chi connectivity index (χ2n) is 4.56. The molecule has 5 heteroatoms. The third kappa shape index (κ3) is 2.79. The van der Waals surface area contributed by atoms with Gasteiger partial charge in [-0.1, -0.05) is 12.1 Å². The van der Waals surface area contributed by atoms with Crippen LogP contribution in [0.4, 0.5) is 4.39 Å². The molecule has 0 bridgehead atoms. The summed E-state index contributed by atoms with van der Waals surface area (Å²) in [5.74, 6) is 0.314. The Kier molecular flexibility index (Phi) is 3.44. The van der Waals surface area contributed by atoms with Crippen LogP contribution in [-0.4, -0.2) is 14.8 Å². The standard InChI is InChI=1S/C16H11FN4/c17-14-3-1-2-12(8-14)9-15-5-7-20-21(15)16-10-13(11-18)4-6-19-16/h1-8,10H,9H2. The minimum absolute atomic E-state index is 0.261. The molecule has 0 atom stereocenters. The van der Waals surface area contributed by atoms with Gasteiger partial charge in [0.1, 0.15) is 5.82 Å². The maximum absolute atomic E-state index is 13.2. The molecule has 1 aromatic carbocycles. The Bertz CT molecular complexity index is 817. The van der Waals surface area contributed by atoms with Gasteiger partial charge in [-0.25, -0.2) is 14.1 Å². The molecule has 2 aromatic heterocycles.